The molecule has 3 aliphatic rings. The van der Waals surface area contributed by atoms with Crippen LogP contribution in [-0.4, -0.2) is 63.3 Å². The fourth-order valence-electron chi connectivity index (χ4n) is 4.85. The van der Waals surface area contributed by atoms with Gasteiger partial charge in [0.25, 0.3) is 0 Å². The molecule has 1 amide bonds. The molecule has 2 saturated heterocycles. The lowest BCUT2D eigenvalue weighted by Crippen LogP contribution is -2.78. The van der Waals surface area contributed by atoms with E-state index in [9.17, 15) is 4.79 Å². The number of anilines is 3. The van der Waals surface area contributed by atoms with Crippen molar-refractivity contribution in [2.75, 3.05) is 36.5 Å². The number of aromatic nitrogens is 3. The third-order valence-corrected chi connectivity index (χ3v) is 7.57. The predicted octanol–water partition coefficient (Wildman–Crippen LogP) is 5.55. The SMILES string of the molecule is CC(C)(C)OC(=O)N1CCC12CN(c1ccc3ncnc(Nc4ccc(OCC5CC5)c(Cl)c4F)c3n1)C2. The van der Waals surface area contributed by atoms with E-state index in [0.717, 1.165) is 25.1 Å². The van der Waals surface area contributed by atoms with Gasteiger partial charge >= 0.3 is 6.09 Å². The quantitative estimate of drug-likeness (QED) is 0.435. The second-order valence-corrected chi connectivity index (χ2v) is 11.7. The number of benzene rings is 1. The monoisotopic (exact) mass is 540 g/mol. The molecule has 0 unspecified atom stereocenters. The Balaban J connectivity index is 1.19. The summed E-state index contributed by atoms with van der Waals surface area (Å²) in [5.74, 6) is 1.36. The molecule has 1 aliphatic carbocycles. The smallest absolute Gasteiger partial charge is 0.410 e. The van der Waals surface area contributed by atoms with E-state index in [1.165, 1.54) is 6.33 Å². The largest absolute Gasteiger partial charge is 0.492 e. The van der Waals surface area contributed by atoms with Crippen molar-refractivity contribution in [1.29, 1.82) is 0 Å². The minimum absolute atomic E-state index is 0.0661. The highest BCUT2D eigenvalue weighted by molar-refractivity contribution is 6.32. The fourth-order valence-corrected chi connectivity index (χ4v) is 5.07. The van der Waals surface area contributed by atoms with Crippen molar-refractivity contribution in [3.05, 3.63) is 41.4 Å². The highest BCUT2D eigenvalue weighted by atomic mass is 35.5. The second-order valence-electron chi connectivity index (χ2n) is 11.3. The number of hydrogen-bond donors (Lipinski definition) is 1. The van der Waals surface area contributed by atoms with E-state index < -0.39 is 11.4 Å². The maximum Gasteiger partial charge on any atom is 0.410 e. The third-order valence-electron chi connectivity index (χ3n) is 7.22. The van der Waals surface area contributed by atoms with Crippen LogP contribution >= 0.6 is 11.6 Å². The van der Waals surface area contributed by atoms with Crippen LogP contribution in [0.1, 0.15) is 40.0 Å². The van der Waals surface area contributed by atoms with E-state index in [4.69, 9.17) is 26.1 Å². The molecule has 1 aromatic carbocycles. The Hall–Kier alpha value is -3.40. The molecular weight excluding hydrogens is 511 g/mol. The van der Waals surface area contributed by atoms with Gasteiger partial charge < -0.3 is 19.7 Å². The lowest BCUT2D eigenvalue weighted by Gasteiger charge is -2.62. The first kappa shape index (κ1) is 24.9. The number of nitrogens with one attached hydrogen (secondary N) is 1. The van der Waals surface area contributed by atoms with E-state index in [1.54, 1.807) is 12.1 Å². The van der Waals surface area contributed by atoms with Gasteiger partial charge in [0.1, 0.15) is 34.0 Å². The molecule has 38 heavy (non-hydrogen) atoms. The van der Waals surface area contributed by atoms with Gasteiger partial charge in [-0.1, -0.05) is 11.6 Å². The number of amides is 1. The van der Waals surface area contributed by atoms with E-state index in [2.05, 4.69) is 20.2 Å². The van der Waals surface area contributed by atoms with Gasteiger partial charge in [0.05, 0.1) is 23.3 Å². The first-order valence-corrected chi connectivity index (χ1v) is 13.2. The lowest BCUT2D eigenvalue weighted by molar-refractivity contribution is -0.0562. The van der Waals surface area contributed by atoms with Crippen molar-refractivity contribution >= 4 is 46.1 Å². The number of pyridine rings is 1. The van der Waals surface area contributed by atoms with Crippen LogP contribution in [0, 0.1) is 11.7 Å². The van der Waals surface area contributed by atoms with Crippen molar-refractivity contribution in [1.82, 2.24) is 19.9 Å². The molecule has 9 nitrogen and oxygen atoms in total. The number of hydrogen-bond acceptors (Lipinski definition) is 8. The molecule has 3 aromatic rings. The molecule has 1 saturated carbocycles. The van der Waals surface area contributed by atoms with Crippen molar-refractivity contribution < 1.29 is 18.7 Å². The van der Waals surface area contributed by atoms with Gasteiger partial charge in [-0.05, 0) is 70.2 Å². The van der Waals surface area contributed by atoms with Gasteiger partial charge in [-0.25, -0.2) is 24.1 Å². The Bertz CT molecular complexity index is 1400. The van der Waals surface area contributed by atoms with Gasteiger partial charge in [-0.15, -0.1) is 0 Å². The zero-order valence-electron chi connectivity index (χ0n) is 21.6. The maximum absolute atomic E-state index is 15.1. The van der Waals surface area contributed by atoms with Crippen LogP contribution in [-0.2, 0) is 4.74 Å². The van der Waals surface area contributed by atoms with Crippen LogP contribution < -0.4 is 15.0 Å². The first-order chi connectivity index (χ1) is 18.1. The summed E-state index contributed by atoms with van der Waals surface area (Å²) in [5.41, 5.74) is 0.543. The first-order valence-electron chi connectivity index (χ1n) is 12.9. The molecule has 2 aliphatic heterocycles. The van der Waals surface area contributed by atoms with Gasteiger partial charge in [-0.2, -0.15) is 0 Å². The number of nitrogens with zero attached hydrogens (tertiary/aromatic N) is 5. The van der Waals surface area contributed by atoms with Gasteiger partial charge in [-0.3, -0.25) is 4.90 Å². The van der Waals surface area contributed by atoms with Crippen molar-refractivity contribution in [2.24, 2.45) is 5.92 Å². The van der Waals surface area contributed by atoms with Crippen LogP contribution in [0.3, 0.4) is 0 Å². The summed E-state index contributed by atoms with van der Waals surface area (Å²) in [7, 11) is 0. The molecule has 1 spiro atoms. The molecule has 11 heteroatoms. The zero-order valence-corrected chi connectivity index (χ0v) is 22.4. The highest BCUT2D eigenvalue weighted by Crippen LogP contribution is 2.42. The van der Waals surface area contributed by atoms with E-state index in [1.807, 2.05) is 37.8 Å². The van der Waals surface area contributed by atoms with Crippen LogP contribution in [0.25, 0.3) is 11.0 Å². The molecule has 0 bridgehead atoms. The van der Waals surface area contributed by atoms with Gasteiger partial charge in [0.2, 0.25) is 0 Å². The van der Waals surface area contributed by atoms with Gasteiger partial charge in [0.15, 0.2) is 11.6 Å². The number of carbonyl (C=O) groups excluding carboxylic acids is 1. The molecule has 1 N–H and O–H groups in total. The minimum atomic E-state index is -0.611. The van der Waals surface area contributed by atoms with Crippen LogP contribution in [0.2, 0.25) is 5.02 Å². The topological polar surface area (TPSA) is 92.7 Å². The number of fused-ring (bicyclic) bond motifs is 1. The average molecular weight is 541 g/mol. The normalized spacial score (nSPS) is 18.2. The molecule has 3 fully saturated rings. The van der Waals surface area contributed by atoms with Crippen molar-refractivity contribution in [3.63, 3.8) is 0 Å². The minimum Gasteiger partial charge on any atom is -0.492 e. The molecule has 200 valence electrons. The summed E-state index contributed by atoms with van der Waals surface area (Å²) in [6.45, 7) is 8.16. The second kappa shape index (κ2) is 9.11. The summed E-state index contributed by atoms with van der Waals surface area (Å²) < 4.78 is 26.4. The summed E-state index contributed by atoms with van der Waals surface area (Å²) in [6, 6.07) is 7.00. The number of ether oxygens (including phenoxy) is 2. The Morgan fingerprint density at radius 1 is 1.21 bits per heavy atom. The lowest BCUT2D eigenvalue weighted by atomic mass is 9.78. The van der Waals surface area contributed by atoms with Gasteiger partial charge in [0, 0.05) is 19.6 Å². The highest BCUT2D eigenvalue weighted by Gasteiger charge is 2.56. The summed E-state index contributed by atoms with van der Waals surface area (Å²) in [4.78, 5) is 30.0. The third kappa shape index (κ3) is 4.66. The molecule has 0 atom stereocenters. The maximum atomic E-state index is 15.1. The average Bonchev–Trinajstić information content (AvgIpc) is 3.64. The molecule has 6 rings (SSSR count). The molecule has 0 radical (unpaired) electrons. The van der Waals surface area contributed by atoms with Crippen LogP contribution in [0.4, 0.5) is 26.5 Å². The Morgan fingerprint density at radius 3 is 2.68 bits per heavy atom. The number of rotatable bonds is 6. The van der Waals surface area contributed by atoms with Crippen LogP contribution in [0.15, 0.2) is 30.6 Å². The molecular formula is C27H30ClFN6O3. The summed E-state index contributed by atoms with van der Waals surface area (Å²) in [6.07, 6.45) is 4.32. The van der Waals surface area contributed by atoms with E-state index in [-0.39, 0.29) is 22.3 Å². The van der Waals surface area contributed by atoms with E-state index in [0.29, 0.717) is 54.8 Å². The fraction of sp³-hybridized carbons (Fsp3) is 0.481. The van der Waals surface area contributed by atoms with Crippen LogP contribution in [0.5, 0.6) is 5.75 Å². The molecule has 2 aromatic heterocycles. The molecule has 4 heterocycles. The predicted molar refractivity (Wildman–Crippen MR) is 143 cm³/mol. The van der Waals surface area contributed by atoms with Crippen molar-refractivity contribution in [2.45, 2.75) is 51.2 Å². The number of likely N-dealkylation sites (tertiary alicyclic amines) is 1. The zero-order chi connectivity index (χ0) is 26.7. The van der Waals surface area contributed by atoms with E-state index >= 15 is 4.39 Å². The summed E-state index contributed by atoms with van der Waals surface area (Å²) in [5, 5.41) is 2.96. The number of carbonyl (C=O) groups is 1. The Morgan fingerprint density at radius 2 is 2.00 bits per heavy atom. The summed E-state index contributed by atoms with van der Waals surface area (Å²) >= 11 is 6.26. The Kier molecular flexibility index (Phi) is 5.97. The standard InChI is InChI=1S/C27H30ClFN6O3/c1-26(2,3)38-25(36)35-11-10-27(35)13-34(14-27)20-9-7-18-23(33-20)24(31-15-30-18)32-17-6-8-19(21(28)22(17)29)37-12-16-4-5-16/h6-9,15-16H,4-5,10-14H2,1-3H3,(H,30,31,32). The Labute approximate surface area is 225 Å². The number of halogens is 2. The van der Waals surface area contributed by atoms with Crippen molar-refractivity contribution in [3.8, 4) is 5.75 Å².